The predicted molar refractivity (Wildman–Crippen MR) is 196 cm³/mol. The summed E-state index contributed by atoms with van der Waals surface area (Å²) in [6, 6.07) is 14.7. The molecule has 3 aliphatic rings. The molecule has 268 valence electrons. The number of fused-ring (bicyclic) bond motifs is 4. The molecule has 1 saturated carbocycles. The van der Waals surface area contributed by atoms with Gasteiger partial charge in [-0.15, -0.1) is 15.3 Å². The summed E-state index contributed by atoms with van der Waals surface area (Å²) < 4.78 is 13.4. The number of amides is 2. The maximum Gasteiger partial charge on any atom is 0.410 e. The number of benzene rings is 2. The second-order valence-electron chi connectivity index (χ2n) is 13.6. The molecule has 4 heterocycles. The molecule has 4 aromatic rings. The van der Waals surface area contributed by atoms with Gasteiger partial charge >= 0.3 is 12.2 Å². The maximum atomic E-state index is 12.2. The minimum Gasteiger partial charge on any atom is -0.473 e. The predicted octanol–water partition coefficient (Wildman–Crippen LogP) is 7.64. The first-order chi connectivity index (χ1) is 24.3. The highest BCUT2D eigenvalue weighted by Crippen LogP contribution is 2.37. The molecule has 2 N–H and O–H groups in total. The van der Waals surface area contributed by atoms with Crippen LogP contribution in [0, 0.1) is 0 Å². The van der Waals surface area contributed by atoms with Crippen LogP contribution in [-0.2, 0) is 24.4 Å². The fourth-order valence-electron chi connectivity index (χ4n) is 6.28. The summed E-state index contributed by atoms with van der Waals surface area (Å²) >= 11 is 17.4. The number of halogens is 2. The zero-order valence-corrected chi connectivity index (χ0v) is 30.7. The van der Waals surface area contributed by atoms with Crippen molar-refractivity contribution in [1.82, 2.24) is 34.8 Å². The summed E-state index contributed by atoms with van der Waals surface area (Å²) in [4.78, 5) is 27.4. The Morgan fingerprint density at radius 1 is 0.902 bits per heavy atom. The molecule has 0 saturated heterocycles. The van der Waals surface area contributed by atoms with Crippen LogP contribution in [0.15, 0.2) is 54.7 Å². The number of hydrogen-bond donors (Lipinski definition) is 2. The van der Waals surface area contributed by atoms with Crippen LogP contribution in [0.5, 0.6) is 5.88 Å². The third-order valence-electron chi connectivity index (χ3n) is 8.56. The molecule has 51 heavy (non-hydrogen) atoms. The van der Waals surface area contributed by atoms with E-state index in [1.807, 2.05) is 67.8 Å². The normalized spacial score (nSPS) is 18.4. The van der Waals surface area contributed by atoms with Crippen molar-refractivity contribution in [3.63, 3.8) is 0 Å². The second kappa shape index (κ2) is 15.4. The maximum absolute atomic E-state index is 12.2. The van der Waals surface area contributed by atoms with Crippen molar-refractivity contribution >= 4 is 58.3 Å². The molecule has 2 aromatic heterocycles. The molecule has 7 rings (SSSR count). The zero-order chi connectivity index (χ0) is 36.3. The molecule has 13 nitrogen and oxygen atoms in total. The number of anilines is 1. The third kappa shape index (κ3) is 9.04. The Balaban J connectivity index is 0.000000194. The standard InChI is InChI=1S/C21H21ClN6O3.C14H17ClN2O2S/c22-15-5-8-17-14(10-15)11-27(21(29)30)12-18-24-26-20(28(17)18)13-3-6-16(7-4-13)31-19-2-1-9-23-25-19;1-14(2,3)19-13(18)17-7-9-6-10(15)4-5-11(9)16-12(20)8-17/h1-2,5,8-10,13,16H,3-4,6-7,11-12H2,(H,29,30);4-6H,7-8H2,1-3H3,(H,16,20). The molecule has 2 aliphatic heterocycles. The van der Waals surface area contributed by atoms with E-state index in [0.29, 0.717) is 39.8 Å². The van der Waals surface area contributed by atoms with Crippen LogP contribution in [0.3, 0.4) is 0 Å². The second-order valence-corrected chi connectivity index (χ2v) is 14.9. The number of nitrogens with zero attached hydrogens (tertiary/aromatic N) is 7. The van der Waals surface area contributed by atoms with Crippen LogP contribution in [0.1, 0.15) is 75.1 Å². The average molecular weight is 754 g/mol. The molecule has 1 aliphatic carbocycles. The van der Waals surface area contributed by atoms with Gasteiger partial charge in [-0.05, 0) is 100 Å². The first kappa shape index (κ1) is 36.3. The van der Waals surface area contributed by atoms with Crippen LogP contribution >= 0.6 is 35.4 Å². The van der Waals surface area contributed by atoms with Crippen molar-refractivity contribution in [2.24, 2.45) is 0 Å². The van der Waals surface area contributed by atoms with Crippen molar-refractivity contribution in [2.75, 3.05) is 11.9 Å². The summed E-state index contributed by atoms with van der Waals surface area (Å²) in [5.41, 5.74) is 3.00. The van der Waals surface area contributed by atoms with Gasteiger partial charge in [0.05, 0.1) is 36.9 Å². The first-order valence-electron chi connectivity index (χ1n) is 16.5. The first-order valence-corrected chi connectivity index (χ1v) is 17.7. The van der Waals surface area contributed by atoms with E-state index in [2.05, 4.69) is 25.7 Å². The van der Waals surface area contributed by atoms with Gasteiger partial charge in [0.15, 0.2) is 5.82 Å². The van der Waals surface area contributed by atoms with E-state index in [-0.39, 0.29) is 31.2 Å². The van der Waals surface area contributed by atoms with Gasteiger partial charge in [0, 0.05) is 33.9 Å². The number of ether oxygens (including phenoxy) is 2. The van der Waals surface area contributed by atoms with Crippen LogP contribution < -0.4 is 10.1 Å². The van der Waals surface area contributed by atoms with E-state index < -0.39 is 11.7 Å². The van der Waals surface area contributed by atoms with Gasteiger partial charge in [-0.3, -0.25) is 14.4 Å². The molecule has 0 bridgehead atoms. The van der Waals surface area contributed by atoms with E-state index >= 15 is 0 Å². The number of rotatable bonds is 3. The van der Waals surface area contributed by atoms with E-state index in [1.165, 1.54) is 4.90 Å². The molecule has 0 atom stereocenters. The molecule has 16 heteroatoms. The summed E-state index contributed by atoms with van der Waals surface area (Å²) in [5, 5.41) is 30.6. The van der Waals surface area contributed by atoms with Crippen molar-refractivity contribution in [1.29, 1.82) is 0 Å². The quantitative estimate of drug-likeness (QED) is 0.199. The fourth-order valence-corrected chi connectivity index (χ4v) is 6.94. The summed E-state index contributed by atoms with van der Waals surface area (Å²) in [5.74, 6) is 2.24. The molecule has 0 spiro atoms. The van der Waals surface area contributed by atoms with Crippen LogP contribution in [0.2, 0.25) is 10.0 Å². The Morgan fingerprint density at radius 2 is 1.61 bits per heavy atom. The summed E-state index contributed by atoms with van der Waals surface area (Å²) in [6.07, 6.45) is 3.88. The third-order valence-corrected chi connectivity index (χ3v) is 9.27. The number of carbonyl (C=O) groups is 2. The Hall–Kier alpha value is -4.53. The molecule has 0 radical (unpaired) electrons. The molecule has 0 unspecified atom stereocenters. The van der Waals surface area contributed by atoms with E-state index in [4.69, 9.17) is 44.9 Å². The lowest BCUT2D eigenvalue weighted by atomic mass is 9.86. The average Bonchev–Trinajstić information content (AvgIpc) is 3.31. The van der Waals surface area contributed by atoms with E-state index in [1.54, 1.807) is 17.2 Å². The van der Waals surface area contributed by atoms with Crippen LogP contribution in [-0.4, -0.2) is 75.3 Å². The topological polar surface area (TPSA) is 148 Å². The lowest BCUT2D eigenvalue weighted by Crippen LogP contribution is -2.38. The zero-order valence-electron chi connectivity index (χ0n) is 28.4. The lowest BCUT2D eigenvalue weighted by molar-refractivity contribution is 0.0266. The van der Waals surface area contributed by atoms with Gasteiger partial charge < -0.3 is 19.9 Å². The number of nitrogens with one attached hydrogen (secondary N) is 1. The molecular weight excluding hydrogens is 715 g/mol. The number of hydrogen-bond acceptors (Lipinski definition) is 9. The highest BCUT2D eigenvalue weighted by atomic mass is 35.5. The fraction of sp³-hybridized carbons (Fsp3) is 0.400. The molecule has 1 fully saturated rings. The lowest BCUT2D eigenvalue weighted by Gasteiger charge is -2.28. The van der Waals surface area contributed by atoms with Gasteiger partial charge in [-0.25, -0.2) is 9.59 Å². The highest BCUT2D eigenvalue weighted by molar-refractivity contribution is 7.80. The van der Waals surface area contributed by atoms with Crippen LogP contribution in [0.25, 0.3) is 5.69 Å². The summed E-state index contributed by atoms with van der Waals surface area (Å²) in [7, 11) is 0. The van der Waals surface area contributed by atoms with Crippen molar-refractivity contribution < 1.29 is 24.2 Å². The van der Waals surface area contributed by atoms with Gasteiger partial charge in [-0.2, -0.15) is 5.10 Å². The molecule has 2 aromatic carbocycles. The minimum absolute atomic E-state index is 0.0908. The van der Waals surface area contributed by atoms with Crippen molar-refractivity contribution in [3.05, 3.63) is 87.5 Å². The monoisotopic (exact) mass is 752 g/mol. The minimum atomic E-state index is -0.995. The van der Waals surface area contributed by atoms with E-state index in [0.717, 1.165) is 54.0 Å². The number of carboxylic acid groups (broad SMARTS) is 1. The number of aromatic nitrogens is 5. The van der Waals surface area contributed by atoms with Gasteiger partial charge in [0.25, 0.3) is 0 Å². The largest absolute Gasteiger partial charge is 0.473 e. The van der Waals surface area contributed by atoms with Crippen molar-refractivity contribution in [2.45, 2.75) is 83.7 Å². The van der Waals surface area contributed by atoms with Crippen LogP contribution in [0.4, 0.5) is 15.3 Å². The SMILES string of the molecule is CC(C)(C)OC(=O)N1CC(=S)Nc2ccc(Cl)cc2C1.O=C(O)N1Cc2cc(Cl)ccc2-n2c(nnc2C2CCC(Oc3cccnn3)CC2)C1. The Kier molecular flexibility index (Phi) is 10.9. The van der Waals surface area contributed by atoms with Gasteiger partial charge in [0.1, 0.15) is 17.5 Å². The number of carbonyl (C=O) groups excluding carboxylic acids is 1. The molecule has 2 amide bonds. The highest BCUT2D eigenvalue weighted by Gasteiger charge is 2.32. The summed E-state index contributed by atoms with van der Waals surface area (Å²) in [6.45, 7) is 6.69. The Bertz CT molecular complexity index is 1910. The van der Waals surface area contributed by atoms with Gasteiger partial charge in [-0.1, -0.05) is 35.4 Å². The van der Waals surface area contributed by atoms with Crippen molar-refractivity contribution in [3.8, 4) is 11.6 Å². The van der Waals surface area contributed by atoms with Gasteiger partial charge in [0.2, 0.25) is 5.88 Å². The Morgan fingerprint density at radius 3 is 2.29 bits per heavy atom. The smallest absolute Gasteiger partial charge is 0.410 e. The molecular formula is C35H38Cl2N8O5S. The van der Waals surface area contributed by atoms with E-state index in [9.17, 15) is 14.7 Å². The number of thiocarbonyl (C=S) groups is 1. The Labute approximate surface area is 310 Å².